The third-order valence-electron chi connectivity index (χ3n) is 4.44. The molecule has 2 heterocycles. The van der Waals surface area contributed by atoms with E-state index in [-0.39, 0.29) is 11.0 Å². The van der Waals surface area contributed by atoms with Crippen molar-refractivity contribution in [3.05, 3.63) is 47.3 Å². The van der Waals surface area contributed by atoms with Crippen LogP contribution in [0.5, 0.6) is 0 Å². The lowest BCUT2D eigenvalue weighted by molar-refractivity contribution is -0.116. The molecule has 4 heteroatoms. The van der Waals surface area contributed by atoms with Gasteiger partial charge in [0, 0.05) is 37.5 Å². The van der Waals surface area contributed by atoms with Gasteiger partial charge in [-0.15, -0.1) is 0 Å². The summed E-state index contributed by atoms with van der Waals surface area (Å²) >= 11 is 0. The second-order valence-electron chi connectivity index (χ2n) is 7.76. The average Bonchev–Trinajstić information content (AvgIpc) is 2.91. The van der Waals surface area contributed by atoms with E-state index in [0.29, 0.717) is 0 Å². The molecule has 2 aliphatic heterocycles. The van der Waals surface area contributed by atoms with Gasteiger partial charge in [-0.1, -0.05) is 29.9 Å². The van der Waals surface area contributed by atoms with Crippen molar-refractivity contribution in [2.75, 3.05) is 20.2 Å². The molecule has 0 bridgehead atoms. The number of hydrogen-bond acceptors (Lipinski definition) is 3. The van der Waals surface area contributed by atoms with Gasteiger partial charge in [-0.2, -0.15) is 0 Å². The van der Waals surface area contributed by atoms with Crippen LogP contribution in [0.25, 0.3) is 0 Å². The Hall–Kier alpha value is -1.81. The summed E-state index contributed by atoms with van der Waals surface area (Å²) in [7, 11) is 1.71. The van der Waals surface area contributed by atoms with Crippen molar-refractivity contribution in [1.82, 2.24) is 10.2 Å². The predicted molar refractivity (Wildman–Crippen MR) is 105 cm³/mol. The van der Waals surface area contributed by atoms with Gasteiger partial charge < -0.3 is 15.0 Å². The van der Waals surface area contributed by atoms with Crippen LogP contribution >= 0.6 is 0 Å². The summed E-state index contributed by atoms with van der Waals surface area (Å²) in [4.78, 5) is 12.5. The Kier molecular flexibility index (Phi) is 7.68. The first-order valence-electron chi connectivity index (χ1n) is 8.89. The standard InChI is InChI=1S/C16H22N2O.C5H12O/c1-4-15-14(6-5-13(2)3)16(11-17-15)7-9-18(12-19)10-8-16;1-5(2,3)6-4/h4-7,9,12,17H,8,10-11H2,1-3H3;1-4H3/b14-6+,15-4+;. The lowest BCUT2D eigenvalue weighted by atomic mass is 9.77. The van der Waals surface area contributed by atoms with Gasteiger partial charge in [-0.25, -0.2) is 0 Å². The monoisotopic (exact) mass is 346 g/mol. The van der Waals surface area contributed by atoms with E-state index in [1.807, 2.05) is 27.0 Å². The molecule has 2 rings (SSSR count). The van der Waals surface area contributed by atoms with E-state index in [9.17, 15) is 4.79 Å². The fourth-order valence-electron chi connectivity index (χ4n) is 2.66. The molecule has 0 aromatic heterocycles. The number of methoxy groups -OCH3 is 1. The topological polar surface area (TPSA) is 41.6 Å². The number of amides is 1. The molecular formula is C21H34N2O2. The van der Waals surface area contributed by atoms with E-state index < -0.39 is 0 Å². The van der Waals surface area contributed by atoms with Gasteiger partial charge in [0.05, 0.1) is 5.60 Å². The Morgan fingerprint density at radius 3 is 2.40 bits per heavy atom. The number of ether oxygens (including phenoxy) is 1. The summed E-state index contributed by atoms with van der Waals surface area (Å²) in [6.07, 6.45) is 12.4. The Morgan fingerprint density at radius 2 is 2.00 bits per heavy atom. The maximum absolute atomic E-state index is 10.8. The van der Waals surface area contributed by atoms with Crippen LogP contribution in [0.3, 0.4) is 0 Å². The molecule has 0 radical (unpaired) electrons. The molecule has 1 unspecified atom stereocenters. The van der Waals surface area contributed by atoms with E-state index in [2.05, 4.69) is 50.4 Å². The maximum atomic E-state index is 10.8. The molecule has 0 aromatic rings. The molecule has 4 nitrogen and oxygen atoms in total. The zero-order chi connectivity index (χ0) is 19.1. The highest BCUT2D eigenvalue weighted by molar-refractivity contribution is 5.52. The minimum atomic E-state index is 0.0350. The van der Waals surface area contributed by atoms with Crippen molar-refractivity contribution in [1.29, 1.82) is 0 Å². The molecule has 1 N–H and O–H groups in total. The third kappa shape index (κ3) is 6.20. The zero-order valence-electron chi connectivity index (χ0n) is 16.8. The molecule has 140 valence electrons. The van der Waals surface area contributed by atoms with Crippen molar-refractivity contribution in [2.24, 2.45) is 5.41 Å². The van der Waals surface area contributed by atoms with Crippen LogP contribution in [-0.4, -0.2) is 37.1 Å². The number of nitrogens with one attached hydrogen (secondary N) is 1. The van der Waals surface area contributed by atoms with Gasteiger partial charge in [-0.3, -0.25) is 4.79 Å². The highest BCUT2D eigenvalue weighted by Crippen LogP contribution is 2.43. The Morgan fingerprint density at radius 1 is 1.36 bits per heavy atom. The Bertz CT molecular complexity index is 575. The lowest BCUT2D eigenvalue weighted by Crippen LogP contribution is -2.33. The number of carbonyl (C=O) groups excluding carboxylic acids is 1. The first kappa shape index (κ1) is 21.2. The third-order valence-corrected chi connectivity index (χ3v) is 4.44. The molecule has 1 fully saturated rings. The fraction of sp³-hybridized carbons (Fsp3) is 0.571. The first-order chi connectivity index (χ1) is 11.7. The Balaban J connectivity index is 0.000000450. The molecule has 25 heavy (non-hydrogen) atoms. The first-order valence-corrected chi connectivity index (χ1v) is 8.89. The van der Waals surface area contributed by atoms with Crippen LogP contribution < -0.4 is 5.32 Å². The van der Waals surface area contributed by atoms with Crippen molar-refractivity contribution in [2.45, 2.75) is 53.6 Å². The average molecular weight is 347 g/mol. The SMILES string of the molecule is C/C=C1/NCC2(C=CN(C=O)CC2)/C1=C/C=C(C)C.COC(C)(C)C. The van der Waals surface area contributed by atoms with Crippen molar-refractivity contribution in [3.8, 4) is 0 Å². The molecule has 1 saturated heterocycles. The summed E-state index contributed by atoms with van der Waals surface area (Å²) in [5, 5.41) is 3.48. The summed E-state index contributed by atoms with van der Waals surface area (Å²) in [6.45, 7) is 14.0. The molecular weight excluding hydrogens is 312 g/mol. The lowest BCUT2D eigenvalue weighted by Gasteiger charge is -2.32. The summed E-state index contributed by atoms with van der Waals surface area (Å²) < 4.78 is 4.94. The van der Waals surface area contributed by atoms with Gasteiger partial charge in [0.25, 0.3) is 0 Å². The van der Waals surface area contributed by atoms with Crippen molar-refractivity contribution in [3.63, 3.8) is 0 Å². The molecule has 0 aromatic carbocycles. The number of hydrogen-bond donors (Lipinski definition) is 1. The molecule has 0 aliphatic carbocycles. The van der Waals surface area contributed by atoms with Crippen LogP contribution in [0.4, 0.5) is 0 Å². The highest BCUT2D eigenvalue weighted by atomic mass is 16.5. The highest BCUT2D eigenvalue weighted by Gasteiger charge is 2.40. The van der Waals surface area contributed by atoms with Gasteiger partial charge in [0.1, 0.15) is 0 Å². The van der Waals surface area contributed by atoms with Crippen LogP contribution in [0.1, 0.15) is 48.0 Å². The van der Waals surface area contributed by atoms with E-state index in [1.165, 1.54) is 16.8 Å². The normalized spacial score (nSPS) is 25.6. The quantitative estimate of drug-likeness (QED) is 0.763. The minimum absolute atomic E-state index is 0.0350. The van der Waals surface area contributed by atoms with E-state index in [0.717, 1.165) is 25.9 Å². The number of nitrogens with zero attached hydrogens (tertiary/aromatic N) is 1. The summed E-state index contributed by atoms with van der Waals surface area (Å²) in [5.74, 6) is 0. The Labute approximate surface area is 153 Å². The number of carbonyl (C=O) groups is 1. The van der Waals surface area contributed by atoms with Gasteiger partial charge >= 0.3 is 0 Å². The van der Waals surface area contributed by atoms with Crippen molar-refractivity contribution < 1.29 is 9.53 Å². The van der Waals surface area contributed by atoms with Crippen molar-refractivity contribution >= 4 is 6.41 Å². The summed E-state index contributed by atoms with van der Waals surface area (Å²) in [6, 6.07) is 0. The molecule has 1 spiro atoms. The van der Waals surface area contributed by atoms with Crippen LogP contribution in [-0.2, 0) is 9.53 Å². The number of allylic oxidation sites excluding steroid dienone is 5. The maximum Gasteiger partial charge on any atom is 0.213 e. The van der Waals surface area contributed by atoms with E-state index in [1.54, 1.807) is 12.0 Å². The largest absolute Gasteiger partial charge is 0.384 e. The van der Waals surface area contributed by atoms with Crippen LogP contribution in [0, 0.1) is 5.41 Å². The molecule has 1 amide bonds. The van der Waals surface area contributed by atoms with Crippen LogP contribution in [0.15, 0.2) is 47.3 Å². The zero-order valence-corrected chi connectivity index (χ0v) is 16.8. The predicted octanol–water partition coefficient (Wildman–Crippen LogP) is 4.18. The molecule has 2 aliphatic rings. The minimum Gasteiger partial charge on any atom is -0.384 e. The van der Waals surface area contributed by atoms with Gasteiger partial charge in [-0.05, 0) is 53.5 Å². The fourth-order valence-corrected chi connectivity index (χ4v) is 2.66. The van der Waals surface area contributed by atoms with Gasteiger partial charge in [0.15, 0.2) is 0 Å². The second-order valence-corrected chi connectivity index (χ2v) is 7.76. The number of rotatable bonds is 2. The van der Waals surface area contributed by atoms with Gasteiger partial charge in [0.2, 0.25) is 6.41 Å². The van der Waals surface area contributed by atoms with Crippen LogP contribution in [0.2, 0.25) is 0 Å². The van der Waals surface area contributed by atoms with E-state index in [4.69, 9.17) is 4.74 Å². The molecule has 0 saturated carbocycles. The van der Waals surface area contributed by atoms with E-state index >= 15 is 0 Å². The summed E-state index contributed by atoms with van der Waals surface area (Å²) in [5.41, 5.74) is 3.91. The molecule has 1 atom stereocenters. The smallest absolute Gasteiger partial charge is 0.213 e. The second kappa shape index (κ2) is 9.04.